The van der Waals surface area contributed by atoms with Crippen molar-refractivity contribution in [1.29, 1.82) is 0 Å². The molecule has 0 unspecified atom stereocenters. The summed E-state index contributed by atoms with van der Waals surface area (Å²) in [5, 5.41) is 15.1. The number of tetrazole rings is 1. The molecule has 1 aromatic carbocycles. The molecule has 2 bridgehead atoms. The average molecular weight is 372 g/mol. The third-order valence-electron chi connectivity index (χ3n) is 5.55. The number of nitrogens with one attached hydrogen (secondary N) is 1. The molecule has 0 radical (unpaired) electrons. The molecule has 1 fully saturated rings. The van der Waals surface area contributed by atoms with Gasteiger partial charge in [-0.25, -0.2) is 4.68 Å². The summed E-state index contributed by atoms with van der Waals surface area (Å²) in [6.45, 7) is 1.32. The lowest BCUT2D eigenvalue weighted by molar-refractivity contribution is -0.121. The Bertz CT molecular complexity index is 774. The fourth-order valence-corrected chi connectivity index (χ4v) is 4.31. The van der Waals surface area contributed by atoms with Crippen molar-refractivity contribution in [3.63, 3.8) is 0 Å². The van der Waals surface area contributed by atoms with Crippen LogP contribution < -0.4 is 5.32 Å². The number of hydrogen-bond acceptors (Lipinski definition) is 4. The minimum atomic E-state index is -0.00399. The molecule has 1 amide bonds. The van der Waals surface area contributed by atoms with E-state index in [1.807, 2.05) is 24.3 Å². The summed E-state index contributed by atoms with van der Waals surface area (Å²) >= 11 is 6.00. The summed E-state index contributed by atoms with van der Waals surface area (Å²) in [6, 6.07) is 7.63. The first-order chi connectivity index (χ1) is 12.7. The number of allylic oxidation sites excluding steroid dienone is 2. The number of aromatic nitrogens is 4. The summed E-state index contributed by atoms with van der Waals surface area (Å²) in [7, 11) is 0. The summed E-state index contributed by atoms with van der Waals surface area (Å²) in [5.74, 6) is 2.03. The van der Waals surface area contributed by atoms with Crippen molar-refractivity contribution in [1.82, 2.24) is 25.5 Å². The molecule has 7 heteroatoms. The molecule has 1 N–H and O–H groups in total. The largest absolute Gasteiger partial charge is 0.356 e. The van der Waals surface area contributed by atoms with E-state index in [1.54, 1.807) is 11.0 Å². The summed E-state index contributed by atoms with van der Waals surface area (Å²) in [5.41, 5.74) is 1.06. The lowest BCUT2D eigenvalue weighted by atomic mass is 9.93. The molecule has 2 aliphatic rings. The van der Waals surface area contributed by atoms with E-state index < -0.39 is 0 Å². The lowest BCUT2D eigenvalue weighted by Gasteiger charge is -2.20. The number of halogens is 1. The van der Waals surface area contributed by atoms with E-state index in [0.717, 1.165) is 18.0 Å². The Hall–Kier alpha value is -2.21. The van der Waals surface area contributed by atoms with Crippen LogP contribution in [0.15, 0.2) is 42.7 Å². The highest BCUT2D eigenvalue weighted by atomic mass is 35.5. The molecule has 4 rings (SSSR count). The van der Waals surface area contributed by atoms with Gasteiger partial charge in [0.05, 0.1) is 6.54 Å². The highest BCUT2D eigenvalue weighted by Crippen LogP contribution is 2.42. The Kier molecular flexibility index (Phi) is 5.02. The number of hydrogen-bond donors (Lipinski definition) is 1. The Morgan fingerprint density at radius 2 is 2.12 bits per heavy atom. The van der Waals surface area contributed by atoms with Crippen molar-refractivity contribution in [3.05, 3.63) is 53.3 Å². The van der Waals surface area contributed by atoms with Crippen molar-refractivity contribution < 1.29 is 4.79 Å². The minimum absolute atomic E-state index is 0.00399. The third-order valence-corrected chi connectivity index (χ3v) is 5.80. The van der Waals surface area contributed by atoms with Gasteiger partial charge in [0.1, 0.15) is 6.33 Å². The second-order valence-electron chi connectivity index (χ2n) is 7.33. The van der Waals surface area contributed by atoms with Crippen LogP contribution in [0.1, 0.15) is 30.7 Å². The van der Waals surface area contributed by atoms with Crippen LogP contribution >= 0.6 is 11.6 Å². The molecule has 2 aromatic rings. The highest BCUT2D eigenvalue weighted by Gasteiger charge is 2.35. The van der Waals surface area contributed by atoms with Crippen LogP contribution in [-0.2, 0) is 11.3 Å². The van der Waals surface area contributed by atoms with Crippen molar-refractivity contribution in [2.24, 2.45) is 17.8 Å². The smallest absolute Gasteiger partial charge is 0.220 e. The van der Waals surface area contributed by atoms with Crippen molar-refractivity contribution in [2.45, 2.75) is 31.7 Å². The number of nitrogens with zero attached hydrogens (tertiary/aromatic N) is 4. The molecule has 1 saturated carbocycles. The molecule has 1 heterocycles. The Morgan fingerprint density at radius 3 is 2.77 bits per heavy atom. The molecule has 2 aliphatic carbocycles. The van der Waals surface area contributed by atoms with Gasteiger partial charge in [-0.05, 0) is 58.7 Å². The zero-order valence-corrected chi connectivity index (χ0v) is 15.2. The quantitative estimate of drug-likeness (QED) is 0.759. The minimum Gasteiger partial charge on any atom is -0.356 e. The highest BCUT2D eigenvalue weighted by molar-refractivity contribution is 6.30. The van der Waals surface area contributed by atoms with Crippen LogP contribution in [-0.4, -0.2) is 32.7 Å². The van der Waals surface area contributed by atoms with Crippen LogP contribution in [0.2, 0.25) is 5.02 Å². The first-order valence-electron chi connectivity index (χ1n) is 9.08. The summed E-state index contributed by atoms with van der Waals surface area (Å²) < 4.78 is 1.66. The van der Waals surface area contributed by atoms with Gasteiger partial charge < -0.3 is 5.32 Å². The van der Waals surface area contributed by atoms with Crippen LogP contribution in [0.4, 0.5) is 0 Å². The second-order valence-corrected chi connectivity index (χ2v) is 7.77. The van der Waals surface area contributed by atoms with Gasteiger partial charge >= 0.3 is 0 Å². The van der Waals surface area contributed by atoms with E-state index in [4.69, 9.17) is 11.6 Å². The molecule has 136 valence electrons. The van der Waals surface area contributed by atoms with Crippen LogP contribution in [0, 0.1) is 17.8 Å². The maximum atomic E-state index is 12.6. The molecule has 4 atom stereocenters. The van der Waals surface area contributed by atoms with Gasteiger partial charge in [0.15, 0.2) is 0 Å². The zero-order chi connectivity index (χ0) is 17.9. The maximum Gasteiger partial charge on any atom is 0.220 e. The fourth-order valence-electron chi connectivity index (χ4n) is 4.18. The van der Waals surface area contributed by atoms with Gasteiger partial charge in [-0.2, -0.15) is 0 Å². The molecule has 0 saturated heterocycles. The number of benzene rings is 1. The second kappa shape index (κ2) is 7.58. The zero-order valence-electron chi connectivity index (χ0n) is 14.5. The third kappa shape index (κ3) is 3.96. The molecule has 6 nitrogen and oxygen atoms in total. The molecule has 26 heavy (non-hydrogen) atoms. The number of rotatable bonds is 7. The first kappa shape index (κ1) is 17.2. The van der Waals surface area contributed by atoms with E-state index in [1.165, 1.54) is 12.8 Å². The lowest BCUT2D eigenvalue weighted by Crippen LogP contribution is -2.32. The SMILES string of the molecule is O=C(C[C@@H](Cn1cnnn1)c1ccc(Cl)cc1)NC[C@H]1C[C@H]2C=C[C@H]1C2. The Morgan fingerprint density at radius 1 is 1.27 bits per heavy atom. The van der Waals surface area contributed by atoms with Crippen LogP contribution in [0.3, 0.4) is 0 Å². The predicted octanol–water partition coefficient (Wildman–Crippen LogP) is 2.83. The molecule has 0 spiro atoms. The van der Waals surface area contributed by atoms with E-state index in [9.17, 15) is 4.79 Å². The normalized spacial score (nSPS) is 24.7. The predicted molar refractivity (Wildman–Crippen MR) is 98.5 cm³/mol. The van der Waals surface area contributed by atoms with Crippen LogP contribution in [0.5, 0.6) is 0 Å². The topological polar surface area (TPSA) is 72.7 Å². The van der Waals surface area contributed by atoms with Gasteiger partial charge in [-0.3, -0.25) is 4.79 Å². The maximum absolute atomic E-state index is 12.6. The van der Waals surface area contributed by atoms with Gasteiger partial charge in [-0.1, -0.05) is 35.9 Å². The Balaban J connectivity index is 1.38. The van der Waals surface area contributed by atoms with Gasteiger partial charge in [0, 0.05) is 23.9 Å². The number of fused-ring (bicyclic) bond motifs is 2. The Labute approximate surface area is 157 Å². The number of carbonyl (C=O) groups excluding carboxylic acids is 1. The number of amides is 1. The van der Waals surface area contributed by atoms with E-state index in [-0.39, 0.29) is 11.8 Å². The van der Waals surface area contributed by atoms with E-state index in [2.05, 4.69) is 33.0 Å². The van der Waals surface area contributed by atoms with E-state index >= 15 is 0 Å². The average Bonchev–Trinajstić information content (AvgIpc) is 3.38. The van der Waals surface area contributed by atoms with Gasteiger partial charge in [-0.15, -0.1) is 5.10 Å². The fraction of sp³-hybridized carbons (Fsp3) is 0.474. The van der Waals surface area contributed by atoms with Crippen LogP contribution in [0.25, 0.3) is 0 Å². The summed E-state index contributed by atoms with van der Waals surface area (Å²) in [4.78, 5) is 12.6. The number of carbonyl (C=O) groups is 1. The molecule has 1 aromatic heterocycles. The molecule has 0 aliphatic heterocycles. The molecular weight excluding hydrogens is 350 g/mol. The summed E-state index contributed by atoms with van der Waals surface area (Å²) in [6.07, 6.45) is 9.07. The first-order valence-corrected chi connectivity index (χ1v) is 9.46. The van der Waals surface area contributed by atoms with Gasteiger partial charge in [0.25, 0.3) is 0 Å². The van der Waals surface area contributed by atoms with Crippen molar-refractivity contribution in [3.8, 4) is 0 Å². The van der Waals surface area contributed by atoms with E-state index in [0.29, 0.717) is 29.8 Å². The van der Waals surface area contributed by atoms with Crippen molar-refractivity contribution in [2.75, 3.05) is 6.54 Å². The monoisotopic (exact) mass is 371 g/mol. The van der Waals surface area contributed by atoms with Gasteiger partial charge in [0.2, 0.25) is 5.91 Å². The van der Waals surface area contributed by atoms with Crippen molar-refractivity contribution >= 4 is 17.5 Å². The molecular formula is C19H22ClN5O. The standard InChI is InChI=1S/C19H22ClN5O/c20-18-5-3-14(4-6-18)17(11-25-12-22-23-24-25)9-19(26)21-10-16-8-13-1-2-15(16)7-13/h1-6,12-13,15-17H,7-11H2,(H,21,26)/t13-,15-,16+,17-/m0/s1.